The van der Waals surface area contributed by atoms with E-state index in [1.54, 1.807) is 6.07 Å². The van der Waals surface area contributed by atoms with Gasteiger partial charge in [0.25, 0.3) is 11.8 Å². The van der Waals surface area contributed by atoms with E-state index < -0.39 is 5.97 Å². The van der Waals surface area contributed by atoms with Gasteiger partial charge in [0.05, 0.1) is 0 Å². The van der Waals surface area contributed by atoms with E-state index in [-0.39, 0.29) is 18.2 Å². The molecule has 6 nitrogen and oxygen atoms in total. The SMILES string of the molecule is CCCCCCCNc1ccc2c3c(cccc13)C(=O)N(CCCCCC(=O)O)C2=O. The minimum absolute atomic E-state index is 0.110. The van der Waals surface area contributed by atoms with Crippen LogP contribution < -0.4 is 5.32 Å². The molecule has 0 aliphatic carbocycles. The van der Waals surface area contributed by atoms with Crippen molar-refractivity contribution in [1.82, 2.24) is 4.90 Å². The van der Waals surface area contributed by atoms with Crippen molar-refractivity contribution >= 4 is 34.2 Å². The number of carbonyl (C=O) groups excluding carboxylic acids is 2. The molecular weight excluding hydrogens is 392 g/mol. The molecule has 3 rings (SSSR count). The third kappa shape index (κ3) is 5.43. The van der Waals surface area contributed by atoms with E-state index in [0.717, 1.165) is 29.4 Å². The van der Waals surface area contributed by atoms with Gasteiger partial charge in [0, 0.05) is 47.1 Å². The highest BCUT2D eigenvalue weighted by molar-refractivity contribution is 6.26. The summed E-state index contributed by atoms with van der Waals surface area (Å²) in [4.78, 5) is 38.0. The van der Waals surface area contributed by atoms with Crippen molar-refractivity contribution in [3.8, 4) is 0 Å². The van der Waals surface area contributed by atoms with Gasteiger partial charge in [0.1, 0.15) is 0 Å². The molecule has 2 N–H and O–H groups in total. The van der Waals surface area contributed by atoms with Crippen molar-refractivity contribution in [1.29, 1.82) is 0 Å². The zero-order chi connectivity index (χ0) is 22.2. The third-order valence-corrected chi connectivity index (χ3v) is 5.86. The molecule has 2 aromatic carbocycles. The fourth-order valence-electron chi connectivity index (χ4n) is 4.18. The number of amides is 2. The summed E-state index contributed by atoms with van der Waals surface area (Å²) in [6, 6.07) is 9.37. The average Bonchev–Trinajstić information content (AvgIpc) is 2.76. The van der Waals surface area contributed by atoms with Crippen LogP contribution in [0.1, 0.15) is 85.4 Å². The Balaban J connectivity index is 1.71. The van der Waals surface area contributed by atoms with Crippen molar-refractivity contribution in [2.24, 2.45) is 0 Å². The Labute approximate surface area is 183 Å². The Bertz CT molecular complexity index is 932. The molecule has 0 bridgehead atoms. The predicted octanol–water partition coefficient (Wildman–Crippen LogP) is 5.46. The Kier molecular flexibility index (Phi) is 8.04. The Hall–Kier alpha value is -2.89. The highest BCUT2D eigenvalue weighted by atomic mass is 16.4. The number of carbonyl (C=O) groups is 3. The molecule has 6 heteroatoms. The molecule has 0 atom stereocenters. The Morgan fingerprint density at radius 3 is 2.35 bits per heavy atom. The fourth-order valence-corrected chi connectivity index (χ4v) is 4.18. The van der Waals surface area contributed by atoms with Gasteiger partial charge >= 0.3 is 5.97 Å². The van der Waals surface area contributed by atoms with Crippen LogP contribution in [-0.4, -0.2) is 40.9 Å². The maximum Gasteiger partial charge on any atom is 0.303 e. The van der Waals surface area contributed by atoms with Gasteiger partial charge in [-0.05, 0) is 37.5 Å². The molecule has 1 aliphatic rings. The third-order valence-electron chi connectivity index (χ3n) is 5.86. The number of benzene rings is 2. The summed E-state index contributed by atoms with van der Waals surface area (Å²) in [5.41, 5.74) is 2.08. The summed E-state index contributed by atoms with van der Waals surface area (Å²) in [5.74, 6) is -1.35. The van der Waals surface area contributed by atoms with Gasteiger partial charge < -0.3 is 10.4 Å². The smallest absolute Gasteiger partial charge is 0.303 e. The highest BCUT2D eigenvalue weighted by Crippen LogP contribution is 2.34. The number of imide groups is 1. The molecule has 1 heterocycles. The molecule has 2 aromatic rings. The predicted molar refractivity (Wildman–Crippen MR) is 123 cm³/mol. The van der Waals surface area contributed by atoms with Gasteiger partial charge in [-0.3, -0.25) is 19.3 Å². The topological polar surface area (TPSA) is 86.7 Å². The standard InChI is InChI=1S/C25H32N2O4/c1-2-3-4-5-8-16-26-21-15-14-20-23-18(21)11-10-12-19(23)24(30)27(25(20)31)17-9-6-7-13-22(28)29/h10-12,14-15,26H,2-9,13,16-17H2,1H3,(H,28,29). The summed E-state index contributed by atoms with van der Waals surface area (Å²) in [5, 5.41) is 13.9. The number of rotatable bonds is 13. The van der Waals surface area contributed by atoms with Crippen LogP contribution in [0.25, 0.3) is 10.8 Å². The van der Waals surface area contributed by atoms with E-state index in [9.17, 15) is 14.4 Å². The first-order chi connectivity index (χ1) is 15.0. The average molecular weight is 425 g/mol. The minimum atomic E-state index is -0.823. The molecular formula is C25H32N2O4. The lowest BCUT2D eigenvalue weighted by atomic mass is 9.92. The summed E-state index contributed by atoms with van der Waals surface area (Å²) in [6.45, 7) is 3.38. The van der Waals surface area contributed by atoms with E-state index in [2.05, 4.69) is 12.2 Å². The lowest BCUT2D eigenvalue weighted by Gasteiger charge is -2.28. The van der Waals surface area contributed by atoms with Crippen molar-refractivity contribution in [3.63, 3.8) is 0 Å². The molecule has 0 spiro atoms. The van der Waals surface area contributed by atoms with Gasteiger partial charge in [-0.2, -0.15) is 0 Å². The maximum absolute atomic E-state index is 13.0. The van der Waals surface area contributed by atoms with Crippen LogP contribution in [0.15, 0.2) is 30.3 Å². The first-order valence-electron chi connectivity index (χ1n) is 11.4. The van der Waals surface area contributed by atoms with Crippen molar-refractivity contribution in [2.75, 3.05) is 18.4 Å². The van der Waals surface area contributed by atoms with Crippen molar-refractivity contribution in [3.05, 3.63) is 41.5 Å². The number of carboxylic acid groups (broad SMARTS) is 1. The van der Waals surface area contributed by atoms with Gasteiger partial charge in [-0.25, -0.2) is 0 Å². The normalized spacial score (nSPS) is 13.1. The van der Waals surface area contributed by atoms with Gasteiger partial charge in [0.15, 0.2) is 0 Å². The van der Waals surface area contributed by atoms with Gasteiger partial charge in [-0.15, -0.1) is 0 Å². The molecule has 0 fully saturated rings. The second kappa shape index (κ2) is 10.9. The summed E-state index contributed by atoms with van der Waals surface area (Å²) >= 11 is 0. The number of hydrogen-bond donors (Lipinski definition) is 2. The minimum Gasteiger partial charge on any atom is -0.481 e. The summed E-state index contributed by atoms with van der Waals surface area (Å²) < 4.78 is 0. The molecule has 1 aliphatic heterocycles. The Morgan fingerprint density at radius 2 is 1.61 bits per heavy atom. The number of aliphatic carboxylic acids is 1. The largest absolute Gasteiger partial charge is 0.481 e. The zero-order valence-electron chi connectivity index (χ0n) is 18.3. The summed E-state index contributed by atoms with van der Waals surface area (Å²) in [6.07, 6.45) is 7.96. The number of carboxylic acids is 1. The first kappa shape index (κ1) is 22.8. The molecule has 0 aromatic heterocycles. The Morgan fingerprint density at radius 1 is 0.903 bits per heavy atom. The van der Waals surface area contributed by atoms with Crippen LogP contribution in [0.4, 0.5) is 5.69 Å². The van der Waals surface area contributed by atoms with E-state index in [4.69, 9.17) is 5.11 Å². The highest BCUT2D eigenvalue weighted by Gasteiger charge is 2.32. The lowest BCUT2D eigenvalue weighted by molar-refractivity contribution is -0.137. The van der Waals surface area contributed by atoms with Gasteiger partial charge in [-0.1, -0.05) is 51.2 Å². The summed E-state index contributed by atoms with van der Waals surface area (Å²) in [7, 11) is 0. The van der Waals surface area contributed by atoms with E-state index in [0.29, 0.717) is 36.9 Å². The number of hydrogen-bond acceptors (Lipinski definition) is 4. The van der Waals surface area contributed by atoms with Crippen molar-refractivity contribution < 1.29 is 19.5 Å². The van der Waals surface area contributed by atoms with Crippen LogP contribution in [0.3, 0.4) is 0 Å². The molecule has 0 radical (unpaired) electrons. The van der Waals surface area contributed by atoms with Crippen LogP contribution in [0.5, 0.6) is 0 Å². The number of nitrogens with zero attached hydrogens (tertiary/aromatic N) is 1. The monoisotopic (exact) mass is 424 g/mol. The molecule has 0 saturated carbocycles. The quantitative estimate of drug-likeness (QED) is 0.329. The van der Waals surface area contributed by atoms with Crippen LogP contribution in [0.2, 0.25) is 0 Å². The second-order valence-corrected chi connectivity index (χ2v) is 8.20. The molecule has 2 amide bonds. The lowest BCUT2D eigenvalue weighted by Crippen LogP contribution is -2.40. The molecule has 0 unspecified atom stereocenters. The number of nitrogens with one attached hydrogen (secondary N) is 1. The number of anilines is 1. The van der Waals surface area contributed by atoms with Crippen LogP contribution in [-0.2, 0) is 4.79 Å². The first-order valence-corrected chi connectivity index (χ1v) is 11.4. The van der Waals surface area contributed by atoms with E-state index >= 15 is 0 Å². The van der Waals surface area contributed by atoms with Crippen LogP contribution >= 0.6 is 0 Å². The van der Waals surface area contributed by atoms with E-state index in [1.807, 2.05) is 24.3 Å². The number of unbranched alkanes of at least 4 members (excludes halogenated alkanes) is 6. The molecule has 31 heavy (non-hydrogen) atoms. The van der Waals surface area contributed by atoms with Crippen molar-refractivity contribution in [2.45, 2.75) is 64.7 Å². The molecule has 166 valence electrons. The van der Waals surface area contributed by atoms with Gasteiger partial charge in [0.2, 0.25) is 0 Å². The maximum atomic E-state index is 13.0. The molecule has 0 saturated heterocycles. The fraction of sp³-hybridized carbons (Fsp3) is 0.480. The second-order valence-electron chi connectivity index (χ2n) is 8.20. The van der Waals surface area contributed by atoms with Crippen LogP contribution in [0, 0.1) is 0 Å². The van der Waals surface area contributed by atoms with E-state index in [1.165, 1.54) is 30.6 Å². The zero-order valence-corrected chi connectivity index (χ0v) is 18.3.